The quantitative estimate of drug-likeness (QED) is 0.0685. The van der Waals surface area contributed by atoms with Crippen molar-refractivity contribution in [3.8, 4) is 126 Å². The molecule has 4 aromatic heterocycles. The van der Waals surface area contributed by atoms with Crippen molar-refractivity contribution in [2.75, 3.05) is 56.9 Å². The summed E-state index contributed by atoms with van der Waals surface area (Å²) < 4.78 is 66.9. The molecule has 0 fully saturated rings. The van der Waals surface area contributed by atoms with Crippen LogP contribution in [0.5, 0.6) is 46.0 Å². The SMILES string of the molecule is COc1ccc(-c2nnc(-c3ccc(C(c4ccccc4)(c4ccc(-c5nnc(-c6ccc(OC)c(OC)c6)o5)cc4)c4ccc(-c5nnc(-c6ccc(OC)c(OC)c6)o5)cc4)cc3)o2)cc1OC.COc1ccc(-c2nnco2)cc1OC. The highest BCUT2D eigenvalue weighted by Crippen LogP contribution is 2.47. The summed E-state index contributed by atoms with van der Waals surface area (Å²) in [6, 6.07) is 56.6. The van der Waals surface area contributed by atoms with Crippen LogP contribution in [0.4, 0.5) is 0 Å². The average Bonchev–Trinajstić information content (AvgIpc) is 2.00. The summed E-state index contributed by atoms with van der Waals surface area (Å²) >= 11 is 0. The van der Waals surface area contributed by atoms with Gasteiger partial charge in [-0.3, -0.25) is 0 Å². The number of ether oxygens (including phenoxy) is 8. The van der Waals surface area contributed by atoms with Gasteiger partial charge in [-0.2, -0.15) is 0 Å². The van der Waals surface area contributed by atoms with E-state index in [-0.39, 0.29) is 0 Å². The number of aromatic nitrogens is 8. The lowest BCUT2D eigenvalue weighted by molar-refractivity contribution is 0.355. The molecule has 0 radical (unpaired) electrons. The van der Waals surface area contributed by atoms with Gasteiger partial charge < -0.3 is 55.6 Å². The van der Waals surface area contributed by atoms with Gasteiger partial charge in [0.1, 0.15) is 0 Å². The molecule has 0 spiro atoms. The lowest BCUT2D eigenvalue weighted by Crippen LogP contribution is -2.31. The van der Waals surface area contributed by atoms with Crippen LogP contribution in [0.15, 0.2) is 200 Å². The van der Waals surface area contributed by atoms with Crippen LogP contribution in [-0.2, 0) is 5.41 Å². The van der Waals surface area contributed by atoms with E-state index in [1.54, 1.807) is 105 Å². The van der Waals surface area contributed by atoms with Crippen molar-refractivity contribution in [2.24, 2.45) is 0 Å². The third-order valence-corrected chi connectivity index (χ3v) is 14.1. The van der Waals surface area contributed by atoms with Crippen molar-refractivity contribution >= 4 is 0 Å². The summed E-state index contributed by atoms with van der Waals surface area (Å²) in [5.74, 6) is 7.28. The average molecular weight is 1140 g/mol. The van der Waals surface area contributed by atoms with Crippen molar-refractivity contribution < 1.29 is 55.6 Å². The normalized spacial score (nSPS) is 11.1. The molecular weight excluding hydrogens is 1080 g/mol. The summed E-state index contributed by atoms with van der Waals surface area (Å²) in [6.45, 7) is 0. The predicted octanol–water partition coefficient (Wildman–Crippen LogP) is 13.0. The van der Waals surface area contributed by atoms with Crippen molar-refractivity contribution in [2.45, 2.75) is 5.41 Å². The molecule has 12 rings (SSSR count). The molecule has 0 saturated heterocycles. The Balaban J connectivity index is 0.000000435. The zero-order valence-electron chi connectivity index (χ0n) is 47.3. The van der Waals surface area contributed by atoms with E-state index in [9.17, 15) is 0 Å². The molecule has 85 heavy (non-hydrogen) atoms. The zero-order valence-corrected chi connectivity index (χ0v) is 47.3. The Morgan fingerprint density at radius 2 is 0.518 bits per heavy atom. The molecule has 0 aliphatic heterocycles. The van der Waals surface area contributed by atoms with Crippen LogP contribution in [0.3, 0.4) is 0 Å². The van der Waals surface area contributed by atoms with Gasteiger partial charge in [0.25, 0.3) is 0 Å². The third kappa shape index (κ3) is 11.1. The van der Waals surface area contributed by atoms with E-state index < -0.39 is 5.41 Å². The van der Waals surface area contributed by atoms with Crippen LogP contribution in [0.25, 0.3) is 80.2 Å². The Hall–Kier alpha value is -11.3. The highest BCUT2D eigenvalue weighted by atomic mass is 16.5. The van der Waals surface area contributed by atoms with Gasteiger partial charge >= 0.3 is 0 Å². The Kier molecular flexibility index (Phi) is 16.3. The van der Waals surface area contributed by atoms with Crippen LogP contribution in [0.1, 0.15) is 22.3 Å². The molecule has 0 atom stereocenters. The Bertz CT molecular complexity index is 3860. The first-order valence-corrected chi connectivity index (χ1v) is 26.3. The molecule has 0 amide bonds. The minimum Gasteiger partial charge on any atom is -0.493 e. The first kappa shape index (κ1) is 55.6. The van der Waals surface area contributed by atoms with Crippen molar-refractivity contribution in [3.63, 3.8) is 0 Å². The fourth-order valence-corrected chi connectivity index (χ4v) is 9.82. The zero-order chi connectivity index (χ0) is 58.9. The van der Waals surface area contributed by atoms with E-state index in [4.69, 9.17) is 55.6 Å². The minimum atomic E-state index is -0.879. The lowest BCUT2D eigenvalue weighted by Gasteiger charge is -2.37. The smallest absolute Gasteiger partial charge is 0.248 e. The van der Waals surface area contributed by atoms with Crippen LogP contribution in [0, 0.1) is 0 Å². The minimum absolute atomic E-state index is 0.341. The van der Waals surface area contributed by atoms with E-state index in [1.807, 2.05) is 78.9 Å². The first-order chi connectivity index (χ1) is 41.7. The molecule has 20 nitrogen and oxygen atoms in total. The first-order valence-electron chi connectivity index (χ1n) is 26.3. The molecule has 0 saturated carbocycles. The van der Waals surface area contributed by atoms with Gasteiger partial charge in [-0.05, 0) is 131 Å². The second-order valence-electron chi connectivity index (χ2n) is 18.6. The molecule has 4 heterocycles. The molecule has 426 valence electrons. The summed E-state index contributed by atoms with van der Waals surface area (Å²) in [5, 5.41) is 33.8. The maximum Gasteiger partial charge on any atom is 0.248 e. The lowest BCUT2D eigenvalue weighted by atomic mass is 9.65. The van der Waals surface area contributed by atoms with Crippen molar-refractivity contribution in [1.82, 2.24) is 40.8 Å². The van der Waals surface area contributed by atoms with Gasteiger partial charge in [0.15, 0.2) is 46.0 Å². The molecular formula is C65H54N8O12. The topological polar surface area (TPSA) is 230 Å². The van der Waals surface area contributed by atoms with Crippen LogP contribution >= 0.6 is 0 Å². The van der Waals surface area contributed by atoms with Crippen LogP contribution in [-0.4, -0.2) is 97.7 Å². The number of hydrogen-bond acceptors (Lipinski definition) is 20. The predicted molar refractivity (Wildman–Crippen MR) is 313 cm³/mol. The standard InChI is InChI=1S/C55H44N6O9.C10H10N2O3/c1-62-43-27-18-36(30-46(43)65-4)52-59-56-49(68-52)33-12-21-40(22-13-33)55(39-10-8-7-9-11-39,41-23-14-34(15-24-41)50-57-60-53(69-50)37-19-28-44(63-2)47(31-37)66-5)42-25-16-35(17-26-42)51-58-61-54(70-51)38-20-29-45(64-3)48(32-38)67-6;1-13-8-4-3-7(5-9(8)14-2)10-12-11-6-15-10/h7-32H,1-6H3;3-6H,1-2H3. The highest BCUT2D eigenvalue weighted by molar-refractivity contribution is 5.69. The summed E-state index contributed by atoms with van der Waals surface area (Å²) in [5.41, 5.74) is 8.10. The fourth-order valence-electron chi connectivity index (χ4n) is 9.82. The van der Waals surface area contributed by atoms with Crippen molar-refractivity contribution in [3.05, 3.63) is 205 Å². The number of rotatable bonds is 19. The van der Waals surface area contributed by atoms with E-state index >= 15 is 0 Å². The number of nitrogens with zero attached hydrogens (tertiary/aromatic N) is 8. The highest BCUT2D eigenvalue weighted by Gasteiger charge is 2.39. The second kappa shape index (κ2) is 24.8. The molecule has 0 N–H and O–H groups in total. The molecule has 8 aromatic carbocycles. The van der Waals surface area contributed by atoms with Gasteiger partial charge in [0.2, 0.25) is 47.6 Å². The molecule has 12 aromatic rings. The largest absolute Gasteiger partial charge is 0.493 e. The summed E-state index contributed by atoms with van der Waals surface area (Å²) in [6.07, 6.45) is 1.28. The van der Waals surface area contributed by atoms with E-state index in [0.29, 0.717) is 104 Å². The summed E-state index contributed by atoms with van der Waals surface area (Å²) in [7, 11) is 12.7. The molecule has 0 aliphatic rings. The molecule has 20 heteroatoms. The number of methoxy groups -OCH3 is 8. The van der Waals surface area contributed by atoms with Crippen molar-refractivity contribution in [1.29, 1.82) is 0 Å². The maximum absolute atomic E-state index is 6.24. The van der Waals surface area contributed by atoms with E-state index in [2.05, 4.69) is 89.3 Å². The molecule has 0 unspecified atom stereocenters. The molecule has 0 bridgehead atoms. The number of benzene rings is 8. The van der Waals surface area contributed by atoms with E-state index in [1.165, 1.54) is 6.39 Å². The Labute approximate surface area is 487 Å². The van der Waals surface area contributed by atoms with Crippen LogP contribution in [0.2, 0.25) is 0 Å². The van der Waals surface area contributed by atoms with Gasteiger partial charge in [0, 0.05) is 38.9 Å². The summed E-state index contributed by atoms with van der Waals surface area (Å²) in [4.78, 5) is 0. The van der Waals surface area contributed by atoms with Gasteiger partial charge in [0.05, 0.1) is 62.3 Å². The monoisotopic (exact) mass is 1140 g/mol. The third-order valence-electron chi connectivity index (χ3n) is 14.1. The van der Waals surface area contributed by atoms with Crippen LogP contribution < -0.4 is 37.9 Å². The van der Waals surface area contributed by atoms with E-state index in [0.717, 1.165) is 44.5 Å². The van der Waals surface area contributed by atoms with Gasteiger partial charge in [-0.1, -0.05) is 66.7 Å². The maximum atomic E-state index is 6.24. The Morgan fingerprint density at radius 1 is 0.259 bits per heavy atom. The molecule has 0 aliphatic carbocycles. The second-order valence-corrected chi connectivity index (χ2v) is 18.6. The number of hydrogen-bond donors (Lipinski definition) is 0. The van der Waals surface area contributed by atoms with Gasteiger partial charge in [-0.15, -0.1) is 40.8 Å². The Morgan fingerprint density at radius 3 is 0.788 bits per heavy atom. The van der Waals surface area contributed by atoms with Gasteiger partial charge in [-0.25, -0.2) is 0 Å². The fraction of sp³-hybridized carbons (Fsp3) is 0.138.